The molecular weight excluding hydrogens is 462 g/mol. The molecule has 6 nitrogen and oxygen atoms in total. The number of carbonyl (C=O) groups excluding carboxylic acids is 1. The molecular formula is C25H21ClF2N4O2. The van der Waals surface area contributed by atoms with Crippen LogP contribution >= 0.6 is 11.6 Å². The molecule has 2 aliphatic rings. The number of benzene rings is 2. The molecule has 0 radical (unpaired) electrons. The fraction of sp³-hybridized carbons (Fsp3) is 0.240. The Bertz CT molecular complexity index is 1390. The van der Waals surface area contributed by atoms with E-state index in [1.807, 2.05) is 19.9 Å². The number of nitrogens with two attached hydrogens (primary N) is 1. The Morgan fingerprint density at radius 3 is 2.50 bits per heavy atom. The van der Waals surface area contributed by atoms with Gasteiger partial charge in [-0.25, -0.2) is 14.4 Å². The second-order valence-corrected chi connectivity index (χ2v) is 9.53. The van der Waals surface area contributed by atoms with Gasteiger partial charge in [0.05, 0.1) is 5.02 Å². The van der Waals surface area contributed by atoms with Gasteiger partial charge in [0, 0.05) is 30.8 Å². The number of pyridine rings is 1. The number of hydrogen-bond donors (Lipinski definition) is 1. The first-order valence-corrected chi connectivity index (χ1v) is 11.0. The number of hydrogen-bond acceptors (Lipinski definition) is 5. The van der Waals surface area contributed by atoms with Crippen molar-refractivity contribution in [1.29, 1.82) is 0 Å². The van der Waals surface area contributed by atoms with Crippen molar-refractivity contribution in [3.8, 4) is 16.9 Å². The summed E-state index contributed by atoms with van der Waals surface area (Å²) >= 11 is 5.99. The van der Waals surface area contributed by atoms with Crippen LogP contribution < -0.4 is 10.5 Å². The van der Waals surface area contributed by atoms with Gasteiger partial charge in [0.2, 0.25) is 5.95 Å². The van der Waals surface area contributed by atoms with Crippen molar-refractivity contribution in [3.63, 3.8) is 0 Å². The lowest BCUT2D eigenvalue weighted by Crippen LogP contribution is -2.41. The summed E-state index contributed by atoms with van der Waals surface area (Å²) in [5, 5.41) is 0.149. The third kappa shape index (κ3) is 3.32. The molecule has 1 aromatic heterocycles. The van der Waals surface area contributed by atoms with Crippen LogP contribution in [0, 0.1) is 11.8 Å². The van der Waals surface area contributed by atoms with Crippen molar-refractivity contribution < 1.29 is 18.3 Å². The van der Waals surface area contributed by atoms with Gasteiger partial charge in [0.1, 0.15) is 17.2 Å². The zero-order valence-electron chi connectivity index (χ0n) is 18.7. The van der Waals surface area contributed by atoms with Crippen molar-refractivity contribution in [2.24, 2.45) is 10.7 Å². The fourth-order valence-electron chi connectivity index (χ4n) is 4.59. The SMILES string of the molecule is CN1C(=O)C(c2ccc3c(c2)CC(C)(C)O3)(c2ccc(F)c(-c3cc(Cl)cnc3F)c2)N=C1N. The van der Waals surface area contributed by atoms with Crippen molar-refractivity contribution in [3.05, 3.63) is 82.1 Å². The summed E-state index contributed by atoms with van der Waals surface area (Å²) in [7, 11) is 1.52. The minimum atomic E-state index is -1.58. The van der Waals surface area contributed by atoms with Crippen LogP contribution in [-0.2, 0) is 16.8 Å². The number of nitrogens with zero attached hydrogens (tertiary/aromatic N) is 3. The average Bonchev–Trinajstić information content (AvgIpc) is 3.22. The number of rotatable bonds is 3. The van der Waals surface area contributed by atoms with Crippen molar-refractivity contribution >= 4 is 23.5 Å². The number of fused-ring (bicyclic) bond motifs is 1. The first-order chi connectivity index (χ1) is 16.0. The molecule has 34 heavy (non-hydrogen) atoms. The Hall–Kier alpha value is -3.52. The van der Waals surface area contributed by atoms with Crippen LogP contribution in [-0.4, -0.2) is 34.4 Å². The smallest absolute Gasteiger partial charge is 0.266 e. The second kappa shape index (κ2) is 7.50. The van der Waals surface area contributed by atoms with Gasteiger partial charge < -0.3 is 10.5 Å². The zero-order valence-corrected chi connectivity index (χ0v) is 19.5. The van der Waals surface area contributed by atoms with Gasteiger partial charge in [-0.1, -0.05) is 23.7 Å². The summed E-state index contributed by atoms with van der Waals surface area (Å²) < 4.78 is 35.4. The molecule has 2 aromatic carbocycles. The maximum atomic E-state index is 14.9. The first-order valence-electron chi connectivity index (χ1n) is 10.6. The normalized spacial score (nSPS) is 20.8. The van der Waals surface area contributed by atoms with Gasteiger partial charge in [0.15, 0.2) is 11.5 Å². The Kier molecular flexibility index (Phi) is 4.91. The van der Waals surface area contributed by atoms with Gasteiger partial charge in [-0.05, 0) is 60.9 Å². The molecule has 0 saturated carbocycles. The highest BCUT2D eigenvalue weighted by Crippen LogP contribution is 2.44. The van der Waals surface area contributed by atoms with Crippen LogP contribution in [0.3, 0.4) is 0 Å². The Balaban J connectivity index is 1.74. The number of carbonyl (C=O) groups is 1. The van der Waals surface area contributed by atoms with Gasteiger partial charge in [-0.2, -0.15) is 4.39 Å². The van der Waals surface area contributed by atoms with E-state index >= 15 is 0 Å². The summed E-state index contributed by atoms with van der Waals surface area (Å²) in [6.07, 6.45) is 1.78. The van der Waals surface area contributed by atoms with Crippen molar-refractivity contribution in [1.82, 2.24) is 9.88 Å². The molecule has 1 unspecified atom stereocenters. The topological polar surface area (TPSA) is 80.8 Å². The predicted molar refractivity (Wildman–Crippen MR) is 125 cm³/mol. The maximum Gasteiger partial charge on any atom is 0.266 e. The highest BCUT2D eigenvalue weighted by atomic mass is 35.5. The summed E-state index contributed by atoms with van der Waals surface area (Å²) in [4.78, 5) is 23.0. The number of halogens is 3. The summed E-state index contributed by atoms with van der Waals surface area (Å²) in [6.45, 7) is 3.96. The molecule has 3 aromatic rings. The maximum absolute atomic E-state index is 14.9. The molecule has 1 atom stereocenters. The number of aliphatic imine (C=N–C) groups is 1. The quantitative estimate of drug-likeness (QED) is 0.560. The van der Waals surface area contributed by atoms with Crippen molar-refractivity contribution in [2.75, 3.05) is 7.05 Å². The number of aromatic nitrogens is 1. The third-order valence-electron chi connectivity index (χ3n) is 6.20. The van der Waals surface area contributed by atoms with E-state index in [0.29, 0.717) is 17.5 Å². The number of amides is 1. The average molecular weight is 483 g/mol. The molecule has 0 bridgehead atoms. The van der Waals surface area contributed by atoms with Crippen LogP contribution in [0.4, 0.5) is 8.78 Å². The molecule has 174 valence electrons. The van der Waals surface area contributed by atoms with E-state index in [-0.39, 0.29) is 27.7 Å². The second-order valence-electron chi connectivity index (χ2n) is 9.09. The number of ether oxygens (including phenoxy) is 1. The van der Waals surface area contributed by atoms with E-state index in [4.69, 9.17) is 22.1 Å². The standard InChI is InChI=1S/C25H21ClF2N4O2/c1-24(2)11-13-8-14(5-7-20(13)34-24)25(22(33)32(3)23(29)31-25)15-4-6-19(27)17(9-15)18-10-16(26)12-30-21(18)28/h4-10,12H,11H2,1-3H3,(H2,29,31). The van der Waals surface area contributed by atoms with Gasteiger partial charge in [-0.15, -0.1) is 0 Å². The lowest BCUT2D eigenvalue weighted by atomic mass is 9.80. The number of likely N-dealkylation sites (N-methyl/N-ethyl adjacent to an activating group) is 1. The molecule has 2 N–H and O–H groups in total. The molecule has 2 aliphatic heterocycles. The Labute approximate surface area is 200 Å². The van der Waals surface area contributed by atoms with E-state index in [2.05, 4.69) is 9.98 Å². The molecule has 9 heteroatoms. The highest BCUT2D eigenvalue weighted by Gasteiger charge is 2.50. The summed E-state index contributed by atoms with van der Waals surface area (Å²) in [5.74, 6) is -1.24. The third-order valence-corrected chi connectivity index (χ3v) is 6.41. The first kappa shape index (κ1) is 22.3. The van der Waals surface area contributed by atoms with E-state index in [1.165, 1.54) is 36.2 Å². The highest BCUT2D eigenvalue weighted by molar-refractivity contribution is 6.30. The fourth-order valence-corrected chi connectivity index (χ4v) is 4.74. The Morgan fingerprint density at radius 2 is 1.79 bits per heavy atom. The van der Waals surface area contributed by atoms with E-state index < -0.39 is 23.2 Å². The van der Waals surface area contributed by atoms with Gasteiger partial charge >= 0.3 is 0 Å². The van der Waals surface area contributed by atoms with E-state index in [9.17, 15) is 13.6 Å². The monoisotopic (exact) mass is 482 g/mol. The van der Waals surface area contributed by atoms with Crippen LogP contribution in [0.1, 0.15) is 30.5 Å². The molecule has 0 spiro atoms. The predicted octanol–water partition coefficient (Wildman–Crippen LogP) is 4.42. The summed E-state index contributed by atoms with van der Waals surface area (Å²) in [5.41, 5.74) is 5.69. The van der Waals surface area contributed by atoms with Crippen LogP contribution in [0.25, 0.3) is 11.1 Å². The largest absolute Gasteiger partial charge is 0.487 e. The number of guanidine groups is 1. The zero-order chi connectivity index (χ0) is 24.4. The summed E-state index contributed by atoms with van der Waals surface area (Å²) in [6, 6.07) is 10.7. The molecule has 5 rings (SSSR count). The lowest BCUT2D eigenvalue weighted by molar-refractivity contribution is -0.129. The molecule has 0 aliphatic carbocycles. The lowest BCUT2D eigenvalue weighted by Gasteiger charge is -2.27. The molecule has 3 heterocycles. The van der Waals surface area contributed by atoms with Gasteiger partial charge in [0.25, 0.3) is 5.91 Å². The van der Waals surface area contributed by atoms with Crippen LogP contribution in [0.15, 0.2) is 53.7 Å². The molecule has 1 amide bonds. The minimum absolute atomic E-state index is 0.0172. The Morgan fingerprint density at radius 1 is 1.09 bits per heavy atom. The molecule has 0 saturated heterocycles. The van der Waals surface area contributed by atoms with Gasteiger partial charge in [-0.3, -0.25) is 9.69 Å². The van der Waals surface area contributed by atoms with E-state index in [0.717, 1.165) is 17.5 Å². The van der Waals surface area contributed by atoms with Crippen molar-refractivity contribution in [2.45, 2.75) is 31.4 Å². The molecule has 0 fully saturated rings. The van der Waals surface area contributed by atoms with Crippen LogP contribution in [0.2, 0.25) is 5.02 Å². The minimum Gasteiger partial charge on any atom is -0.487 e. The van der Waals surface area contributed by atoms with E-state index in [1.54, 1.807) is 12.1 Å². The van der Waals surface area contributed by atoms with Crippen LogP contribution in [0.5, 0.6) is 5.75 Å².